The Kier molecular flexibility index (Phi) is 6.57. The number of ether oxygens (including phenoxy) is 2. The maximum atomic E-state index is 13.8. The molecule has 190 valence electrons. The van der Waals surface area contributed by atoms with Crippen molar-refractivity contribution in [2.75, 3.05) is 23.7 Å². The van der Waals surface area contributed by atoms with E-state index in [1.807, 2.05) is 6.92 Å². The SMILES string of the molecule is CCOc1ccc(N2C(=O)[C@@H]3[C@H](ON(c4cccc([N+](=O)[O-])c4)[C@H]3c3ccc(OC)c(Br)c3)C2=O)cc1. The third kappa shape index (κ3) is 4.30. The normalized spacial score (nSPS) is 20.8. The highest BCUT2D eigenvalue weighted by atomic mass is 79.9. The summed E-state index contributed by atoms with van der Waals surface area (Å²) in [5.74, 6) is -0.613. The van der Waals surface area contributed by atoms with Gasteiger partial charge < -0.3 is 9.47 Å². The molecule has 0 unspecified atom stereocenters. The number of methoxy groups -OCH3 is 1. The number of imide groups is 1. The van der Waals surface area contributed by atoms with E-state index in [0.29, 0.717) is 39.5 Å². The van der Waals surface area contributed by atoms with Gasteiger partial charge in [-0.25, -0.2) is 9.96 Å². The molecule has 2 fully saturated rings. The van der Waals surface area contributed by atoms with Gasteiger partial charge in [-0.15, -0.1) is 0 Å². The molecule has 0 saturated carbocycles. The molecule has 2 aliphatic rings. The van der Waals surface area contributed by atoms with E-state index in [4.69, 9.17) is 14.3 Å². The Balaban J connectivity index is 1.57. The predicted molar refractivity (Wildman–Crippen MR) is 137 cm³/mol. The molecule has 0 spiro atoms. The number of anilines is 2. The lowest BCUT2D eigenvalue weighted by Gasteiger charge is -2.29. The molecule has 3 atom stereocenters. The molecule has 2 aliphatic heterocycles. The zero-order valence-corrected chi connectivity index (χ0v) is 21.5. The highest BCUT2D eigenvalue weighted by Gasteiger charge is 2.60. The lowest BCUT2D eigenvalue weighted by Crippen LogP contribution is -2.37. The number of rotatable bonds is 7. The van der Waals surface area contributed by atoms with Crippen LogP contribution in [0.25, 0.3) is 0 Å². The van der Waals surface area contributed by atoms with Gasteiger partial charge in [0.25, 0.3) is 11.6 Å². The number of halogens is 1. The molecule has 5 rings (SSSR count). The Labute approximate surface area is 220 Å². The fourth-order valence-corrected chi connectivity index (χ4v) is 5.26. The van der Waals surface area contributed by atoms with Gasteiger partial charge in [-0.05, 0) is 70.9 Å². The minimum Gasteiger partial charge on any atom is -0.496 e. The topological polar surface area (TPSA) is 111 Å². The molecule has 2 amide bonds. The van der Waals surface area contributed by atoms with Crippen molar-refractivity contribution < 1.29 is 28.8 Å². The van der Waals surface area contributed by atoms with Gasteiger partial charge in [0.2, 0.25) is 5.91 Å². The number of hydrogen-bond acceptors (Lipinski definition) is 8. The lowest BCUT2D eigenvalue weighted by molar-refractivity contribution is -0.384. The van der Waals surface area contributed by atoms with Crippen molar-refractivity contribution in [3.8, 4) is 11.5 Å². The van der Waals surface area contributed by atoms with Crippen LogP contribution in [0.15, 0.2) is 71.2 Å². The van der Waals surface area contributed by atoms with Gasteiger partial charge in [-0.3, -0.25) is 24.5 Å². The average molecular weight is 568 g/mol. The minimum absolute atomic E-state index is 0.138. The molecule has 10 nitrogen and oxygen atoms in total. The van der Waals surface area contributed by atoms with Gasteiger partial charge in [0, 0.05) is 12.1 Å². The summed E-state index contributed by atoms with van der Waals surface area (Å²) in [5, 5.41) is 12.8. The van der Waals surface area contributed by atoms with Crippen molar-refractivity contribution in [2.45, 2.75) is 19.1 Å². The second kappa shape index (κ2) is 9.83. The second-order valence-electron chi connectivity index (χ2n) is 8.43. The average Bonchev–Trinajstić information content (AvgIpc) is 3.40. The summed E-state index contributed by atoms with van der Waals surface area (Å²) >= 11 is 3.48. The number of carbonyl (C=O) groups is 2. The van der Waals surface area contributed by atoms with E-state index in [-0.39, 0.29) is 5.69 Å². The summed E-state index contributed by atoms with van der Waals surface area (Å²) in [7, 11) is 1.54. The standard InChI is InChI=1S/C26H22BrN3O7/c1-3-36-19-10-8-16(9-11-19)28-25(31)22-23(15-7-12-21(35-2)20(27)13-15)29(37-24(22)26(28)32)17-5-4-6-18(14-17)30(33)34/h4-14,22-24H,3H2,1-2H3/t22-,23-,24-/m0/s1. The van der Waals surface area contributed by atoms with Gasteiger partial charge in [-0.2, -0.15) is 0 Å². The molecule has 37 heavy (non-hydrogen) atoms. The number of carbonyl (C=O) groups excluding carboxylic acids is 2. The molecule has 0 radical (unpaired) electrons. The maximum Gasteiger partial charge on any atom is 0.271 e. The molecular weight excluding hydrogens is 546 g/mol. The van der Waals surface area contributed by atoms with Crippen LogP contribution in [0.4, 0.5) is 17.1 Å². The van der Waals surface area contributed by atoms with Crippen LogP contribution in [0.5, 0.6) is 11.5 Å². The fraction of sp³-hybridized carbons (Fsp3) is 0.231. The first-order valence-electron chi connectivity index (χ1n) is 11.5. The van der Waals surface area contributed by atoms with Crippen molar-refractivity contribution in [2.24, 2.45) is 5.92 Å². The highest BCUT2D eigenvalue weighted by molar-refractivity contribution is 9.10. The third-order valence-electron chi connectivity index (χ3n) is 6.33. The van der Waals surface area contributed by atoms with E-state index in [0.717, 1.165) is 4.90 Å². The Hall–Kier alpha value is -3.96. The number of amides is 2. The predicted octanol–water partition coefficient (Wildman–Crippen LogP) is 4.82. The number of nitro benzene ring substituents is 1. The van der Waals surface area contributed by atoms with Crippen molar-refractivity contribution in [1.29, 1.82) is 0 Å². The molecule has 3 aromatic rings. The maximum absolute atomic E-state index is 13.8. The van der Waals surface area contributed by atoms with Crippen molar-refractivity contribution in [3.05, 3.63) is 86.9 Å². The van der Waals surface area contributed by atoms with E-state index >= 15 is 0 Å². The first kappa shape index (κ1) is 24.7. The molecule has 11 heteroatoms. The molecule has 2 heterocycles. The van der Waals surface area contributed by atoms with Crippen LogP contribution in [-0.2, 0) is 14.4 Å². The summed E-state index contributed by atoms with van der Waals surface area (Å²) < 4.78 is 11.4. The van der Waals surface area contributed by atoms with E-state index in [9.17, 15) is 19.7 Å². The Morgan fingerprint density at radius 1 is 1.03 bits per heavy atom. The van der Waals surface area contributed by atoms with E-state index in [2.05, 4.69) is 15.9 Å². The van der Waals surface area contributed by atoms with Crippen molar-refractivity contribution in [1.82, 2.24) is 0 Å². The first-order chi connectivity index (χ1) is 17.8. The number of nitrogens with zero attached hydrogens (tertiary/aromatic N) is 3. The van der Waals surface area contributed by atoms with Gasteiger partial charge in [0.15, 0.2) is 6.10 Å². The van der Waals surface area contributed by atoms with Crippen LogP contribution < -0.4 is 19.4 Å². The number of fused-ring (bicyclic) bond motifs is 1. The first-order valence-corrected chi connectivity index (χ1v) is 12.3. The summed E-state index contributed by atoms with van der Waals surface area (Å²) in [6, 6.07) is 17.2. The van der Waals surface area contributed by atoms with Crippen LogP contribution in [0.2, 0.25) is 0 Å². The Morgan fingerprint density at radius 3 is 2.43 bits per heavy atom. The molecule has 2 saturated heterocycles. The number of non-ortho nitro benzene ring substituents is 1. The molecular formula is C26H22BrN3O7. The van der Waals surface area contributed by atoms with Gasteiger partial charge in [0.1, 0.15) is 17.4 Å². The van der Waals surface area contributed by atoms with Gasteiger partial charge in [0.05, 0.1) is 40.5 Å². The third-order valence-corrected chi connectivity index (χ3v) is 6.95. The van der Waals surface area contributed by atoms with Crippen LogP contribution in [0.3, 0.4) is 0 Å². The van der Waals surface area contributed by atoms with Crippen LogP contribution >= 0.6 is 15.9 Å². The number of benzene rings is 3. The molecule has 0 bridgehead atoms. The monoisotopic (exact) mass is 567 g/mol. The fourth-order valence-electron chi connectivity index (χ4n) is 4.70. The molecule has 0 aromatic heterocycles. The highest BCUT2D eigenvalue weighted by Crippen LogP contribution is 2.48. The molecule has 3 aromatic carbocycles. The zero-order chi connectivity index (χ0) is 26.3. The quantitative estimate of drug-likeness (QED) is 0.227. The largest absolute Gasteiger partial charge is 0.496 e. The number of hydrogen-bond donors (Lipinski definition) is 0. The van der Waals surface area contributed by atoms with E-state index in [1.165, 1.54) is 30.4 Å². The van der Waals surface area contributed by atoms with E-state index < -0.39 is 34.8 Å². The molecule has 0 N–H and O–H groups in total. The summed E-state index contributed by atoms with van der Waals surface area (Å²) in [6.07, 6.45) is -1.11. The van der Waals surface area contributed by atoms with Crippen LogP contribution in [-0.4, -0.2) is 36.6 Å². The minimum atomic E-state index is -1.11. The summed E-state index contributed by atoms with van der Waals surface area (Å²) in [5.41, 5.74) is 1.30. The lowest BCUT2D eigenvalue weighted by atomic mass is 9.90. The second-order valence-corrected chi connectivity index (χ2v) is 9.29. The van der Waals surface area contributed by atoms with Crippen molar-refractivity contribution >= 4 is 44.8 Å². The summed E-state index contributed by atoms with van der Waals surface area (Å²) in [4.78, 5) is 45.4. The Morgan fingerprint density at radius 2 is 1.78 bits per heavy atom. The molecule has 0 aliphatic carbocycles. The van der Waals surface area contributed by atoms with E-state index in [1.54, 1.807) is 48.5 Å². The summed E-state index contributed by atoms with van der Waals surface area (Å²) in [6.45, 7) is 2.36. The van der Waals surface area contributed by atoms with Crippen LogP contribution in [0.1, 0.15) is 18.5 Å². The van der Waals surface area contributed by atoms with Crippen LogP contribution in [0, 0.1) is 16.0 Å². The van der Waals surface area contributed by atoms with Gasteiger partial charge >= 0.3 is 0 Å². The number of nitro groups is 1. The van der Waals surface area contributed by atoms with Crippen molar-refractivity contribution in [3.63, 3.8) is 0 Å². The number of hydroxylamine groups is 1. The Bertz CT molecular complexity index is 1380. The smallest absolute Gasteiger partial charge is 0.271 e. The zero-order valence-electron chi connectivity index (χ0n) is 19.9. The van der Waals surface area contributed by atoms with Gasteiger partial charge in [-0.1, -0.05) is 12.1 Å².